The first-order valence-electron chi connectivity index (χ1n) is 8.71. The van der Waals surface area contributed by atoms with E-state index in [0.29, 0.717) is 0 Å². The van der Waals surface area contributed by atoms with E-state index in [1.54, 1.807) is 0 Å². The lowest BCUT2D eigenvalue weighted by molar-refractivity contribution is 0.700. The highest BCUT2D eigenvalue weighted by Crippen LogP contribution is 2.24. The summed E-state index contributed by atoms with van der Waals surface area (Å²) in [6.07, 6.45) is 5.22. The molecule has 4 nitrogen and oxygen atoms in total. The van der Waals surface area contributed by atoms with Crippen molar-refractivity contribution in [2.45, 2.75) is 39.7 Å². The molecule has 23 heavy (non-hydrogen) atoms. The van der Waals surface area contributed by atoms with Crippen molar-refractivity contribution >= 4 is 11.8 Å². The van der Waals surface area contributed by atoms with Crippen molar-refractivity contribution in [3.05, 3.63) is 47.7 Å². The van der Waals surface area contributed by atoms with Gasteiger partial charge in [-0.3, -0.25) is 0 Å². The molecule has 0 bridgehead atoms. The minimum absolute atomic E-state index is 0.866. The van der Waals surface area contributed by atoms with Gasteiger partial charge in [-0.2, -0.15) is 4.98 Å². The van der Waals surface area contributed by atoms with E-state index in [-0.39, 0.29) is 0 Å². The average Bonchev–Trinajstić information content (AvgIpc) is 2.61. The first-order valence-corrected chi connectivity index (χ1v) is 8.71. The van der Waals surface area contributed by atoms with Gasteiger partial charge in [0.15, 0.2) is 0 Å². The number of hydrogen-bond acceptors (Lipinski definition) is 4. The summed E-state index contributed by atoms with van der Waals surface area (Å²) in [7, 11) is 0. The van der Waals surface area contributed by atoms with Crippen molar-refractivity contribution < 1.29 is 0 Å². The van der Waals surface area contributed by atoms with E-state index >= 15 is 0 Å². The van der Waals surface area contributed by atoms with Crippen LogP contribution in [0.2, 0.25) is 0 Å². The van der Waals surface area contributed by atoms with Crippen LogP contribution in [0.15, 0.2) is 36.5 Å². The topological polar surface area (TPSA) is 32.3 Å². The van der Waals surface area contributed by atoms with Crippen LogP contribution in [-0.4, -0.2) is 29.6 Å². The number of hydrogen-bond donors (Lipinski definition) is 0. The molecule has 1 aromatic heterocycles. The standard InChI is InChI=1S/C19H26N4/c1-3-12-22(13-4-2)19-20-11-9-18(21-19)23-14-10-16-7-5-6-8-17(16)15-23/h5-9,11H,3-4,10,12-15H2,1-2H3. The van der Waals surface area contributed by atoms with Gasteiger partial charge in [-0.15, -0.1) is 0 Å². The van der Waals surface area contributed by atoms with Crippen LogP contribution in [0.4, 0.5) is 11.8 Å². The van der Waals surface area contributed by atoms with Gasteiger partial charge in [-0.05, 0) is 36.5 Å². The summed E-state index contributed by atoms with van der Waals surface area (Å²) in [4.78, 5) is 14.0. The Labute approximate surface area is 139 Å². The highest BCUT2D eigenvalue weighted by molar-refractivity contribution is 5.47. The quantitative estimate of drug-likeness (QED) is 0.815. The Bertz CT molecular complexity index is 635. The van der Waals surface area contributed by atoms with Gasteiger partial charge < -0.3 is 9.80 Å². The van der Waals surface area contributed by atoms with Crippen molar-refractivity contribution in [1.29, 1.82) is 0 Å². The van der Waals surface area contributed by atoms with Gasteiger partial charge in [-0.1, -0.05) is 38.1 Å². The van der Waals surface area contributed by atoms with Crippen molar-refractivity contribution in [2.24, 2.45) is 0 Å². The smallest absolute Gasteiger partial charge is 0.227 e. The molecule has 0 amide bonds. The summed E-state index contributed by atoms with van der Waals surface area (Å²) in [5.41, 5.74) is 2.88. The minimum atomic E-state index is 0.866. The largest absolute Gasteiger partial charge is 0.352 e. The highest BCUT2D eigenvalue weighted by Gasteiger charge is 2.18. The molecule has 1 aliphatic heterocycles. The van der Waals surface area contributed by atoms with Crippen molar-refractivity contribution in [1.82, 2.24) is 9.97 Å². The number of benzene rings is 1. The second-order valence-electron chi connectivity index (χ2n) is 6.14. The summed E-state index contributed by atoms with van der Waals surface area (Å²) >= 11 is 0. The van der Waals surface area contributed by atoms with E-state index in [4.69, 9.17) is 4.98 Å². The molecular formula is C19H26N4. The number of aromatic nitrogens is 2. The van der Waals surface area contributed by atoms with Gasteiger partial charge in [0.2, 0.25) is 5.95 Å². The van der Waals surface area contributed by atoms with Crippen LogP contribution in [-0.2, 0) is 13.0 Å². The molecule has 0 radical (unpaired) electrons. The Morgan fingerprint density at radius 2 is 1.78 bits per heavy atom. The number of anilines is 2. The molecule has 2 aromatic rings. The van der Waals surface area contributed by atoms with Crippen molar-refractivity contribution in [2.75, 3.05) is 29.4 Å². The summed E-state index contributed by atoms with van der Waals surface area (Å²) < 4.78 is 0. The lowest BCUT2D eigenvalue weighted by Gasteiger charge is -2.30. The fourth-order valence-corrected chi connectivity index (χ4v) is 3.21. The molecule has 3 rings (SSSR count). The molecule has 1 aliphatic rings. The van der Waals surface area contributed by atoms with Crippen molar-refractivity contribution in [3.63, 3.8) is 0 Å². The Morgan fingerprint density at radius 3 is 2.52 bits per heavy atom. The second kappa shape index (κ2) is 7.44. The van der Waals surface area contributed by atoms with Crippen LogP contribution >= 0.6 is 0 Å². The maximum Gasteiger partial charge on any atom is 0.227 e. The van der Waals surface area contributed by atoms with Crippen LogP contribution in [0.5, 0.6) is 0 Å². The average molecular weight is 310 g/mol. The predicted octanol–water partition coefficient (Wildman–Crippen LogP) is 3.67. The van der Waals surface area contributed by atoms with Gasteiger partial charge >= 0.3 is 0 Å². The van der Waals surface area contributed by atoms with Crippen LogP contribution < -0.4 is 9.80 Å². The molecule has 4 heteroatoms. The van der Waals surface area contributed by atoms with Gasteiger partial charge in [0.25, 0.3) is 0 Å². The summed E-state index contributed by atoms with van der Waals surface area (Å²) in [6.45, 7) is 8.39. The first kappa shape index (κ1) is 15.8. The third kappa shape index (κ3) is 3.63. The molecule has 0 fully saturated rings. The zero-order valence-electron chi connectivity index (χ0n) is 14.2. The molecule has 122 valence electrons. The lowest BCUT2D eigenvalue weighted by atomic mass is 10.00. The Kier molecular flexibility index (Phi) is 5.11. The highest BCUT2D eigenvalue weighted by atomic mass is 15.3. The van der Waals surface area contributed by atoms with Crippen LogP contribution in [0.1, 0.15) is 37.8 Å². The molecule has 0 N–H and O–H groups in total. The molecule has 0 saturated carbocycles. The normalized spacial score (nSPS) is 13.7. The zero-order valence-corrected chi connectivity index (χ0v) is 14.2. The monoisotopic (exact) mass is 310 g/mol. The van der Waals surface area contributed by atoms with E-state index in [1.165, 1.54) is 11.1 Å². The lowest BCUT2D eigenvalue weighted by Crippen LogP contribution is -2.32. The van der Waals surface area contributed by atoms with Crippen LogP contribution in [0.25, 0.3) is 0 Å². The predicted molar refractivity (Wildman–Crippen MR) is 96.0 cm³/mol. The maximum absolute atomic E-state index is 4.85. The molecule has 1 aromatic carbocycles. The Morgan fingerprint density at radius 1 is 1.04 bits per heavy atom. The fraction of sp³-hybridized carbons (Fsp3) is 0.474. The van der Waals surface area contributed by atoms with E-state index < -0.39 is 0 Å². The number of rotatable bonds is 6. The zero-order chi connectivity index (χ0) is 16.1. The van der Waals surface area contributed by atoms with E-state index in [9.17, 15) is 0 Å². The summed E-state index contributed by atoms with van der Waals surface area (Å²) in [5, 5.41) is 0. The fourth-order valence-electron chi connectivity index (χ4n) is 3.21. The molecular weight excluding hydrogens is 284 g/mol. The van der Waals surface area contributed by atoms with Gasteiger partial charge in [0, 0.05) is 32.4 Å². The third-order valence-electron chi connectivity index (χ3n) is 4.35. The first-order chi connectivity index (χ1) is 11.3. The van der Waals surface area contributed by atoms with Gasteiger partial charge in [0.05, 0.1) is 0 Å². The van der Waals surface area contributed by atoms with Gasteiger partial charge in [-0.25, -0.2) is 4.98 Å². The molecule has 0 saturated heterocycles. The third-order valence-corrected chi connectivity index (χ3v) is 4.35. The Balaban J connectivity index is 1.80. The molecule has 0 atom stereocenters. The van der Waals surface area contributed by atoms with Crippen molar-refractivity contribution in [3.8, 4) is 0 Å². The SMILES string of the molecule is CCCN(CCC)c1nccc(N2CCc3ccccc3C2)n1. The summed E-state index contributed by atoms with van der Waals surface area (Å²) in [6, 6.07) is 10.8. The van der Waals surface area contributed by atoms with Crippen LogP contribution in [0.3, 0.4) is 0 Å². The maximum atomic E-state index is 4.85. The van der Waals surface area contributed by atoms with E-state index in [0.717, 1.165) is 57.2 Å². The number of fused-ring (bicyclic) bond motifs is 1. The van der Waals surface area contributed by atoms with Gasteiger partial charge in [0.1, 0.15) is 5.82 Å². The molecule has 2 heterocycles. The van der Waals surface area contributed by atoms with E-state index in [1.807, 2.05) is 12.3 Å². The molecule has 0 unspecified atom stereocenters. The Hall–Kier alpha value is -2.10. The minimum Gasteiger partial charge on any atom is -0.352 e. The van der Waals surface area contributed by atoms with E-state index in [2.05, 4.69) is 52.9 Å². The molecule has 0 aliphatic carbocycles. The molecule has 0 spiro atoms. The second-order valence-corrected chi connectivity index (χ2v) is 6.14. The number of nitrogens with zero attached hydrogens (tertiary/aromatic N) is 4. The summed E-state index contributed by atoms with van der Waals surface area (Å²) in [5.74, 6) is 1.91. The van der Waals surface area contributed by atoms with Crippen LogP contribution in [0, 0.1) is 0 Å².